The zero-order valence-electron chi connectivity index (χ0n) is 15.8. The van der Waals surface area contributed by atoms with Crippen LogP contribution in [0.15, 0.2) is 53.1 Å². The van der Waals surface area contributed by atoms with E-state index in [0.29, 0.717) is 23.1 Å². The minimum Gasteiger partial charge on any atom is -0.441 e. The van der Waals surface area contributed by atoms with Crippen molar-refractivity contribution in [2.24, 2.45) is 0 Å². The number of carbonyl (C=O) groups excluding carboxylic acids is 1. The van der Waals surface area contributed by atoms with Gasteiger partial charge in [-0.15, -0.1) is 0 Å². The van der Waals surface area contributed by atoms with E-state index in [1.807, 2.05) is 18.2 Å². The number of hydrogen-bond acceptors (Lipinski definition) is 4. The van der Waals surface area contributed by atoms with E-state index >= 15 is 0 Å². The number of benzene rings is 2. The summed E-state index contributed by atoms with van der Waals surface area (Å²) in [4.78, 5) is 18.8. The largest absolute Gasteiger partial charge is 0.441 e. The Balaban J connectivity index is 1.39. The van der Waals surface area contributed by atoms with Crippen molar-refractivity contribution in [2.75, 3.05) is 23.3 Å². The Hall–Kier alpha value is -2.86. The normalized spacial score (nSPS) is 13.7. The van der Waals surface area contributed by atoms with E-state index in [0.717, 1.165) is 37.2 Å². The average molecular weight is 414 g/mol. The van der Waals surface area contributed by atoms with Crippen molar-refractivity contribution in [3.05, 3.63) is 65.4 Å². The van der Waals surface area contributed by atoms with Crippen molar-refractivity contribution >= 4 is 28.9 Å². The van der Waals surface area contributed by atoms with Crippen LogP contribution in [0.2, 0.25) is 5.02 Å². The summed E-state index contributed by atoms with van der Waals surface area (Å²) in [5, 5.41) is 3.38. The molecule has 0 aliphatic carbocycles. The van der Waals surface area contributed by atoms with E-state index in [2.05, 4.69) is 15.2 Å². The lowest BCUT2D eigenvalue weighted by atomic mass is 10.2. The smallest absolute Gasteiger partial charge is 0.225 e. The van der Waals surface area contributed by atoms with E-state index in [4.69, 9.17) is 16.0 Å². The topological polar surface area (TPSA) is 58.4 Å². The maximum atomic E-state index is 14.4. The van der Waals surface area contributed by atoms with E-state index < -0.39 is 5.82 Å². The first-order valence-corrected chi connectivity index (χ1v) is 10.0. The molecule has 0 bridgehead atoms. The SMILES string of the molecule is O=C(CCc1ncc(-c2ccc(Cl)cc2)o1)Nc1c(F)cccc1N1CCCC1. The molecule has 4 rings (SSSR count). The number of nitrogens with zero attached hydrogens (tertiary/aromatic N) is 2. The number of aryl methyl sites for hydroxylation is 1. The van der Waals surface area contributed by atoms with Crippen LogP contribution in [0.5, 0.6) is 0 Å². The van der Waals surface area contributed by atoms with Crippen LogP contribution >= 0.6 is 11.6 Å². The molecule has 0 radical (unpaired) electrons. The molecule has 1 amide bonds. The summed E-state index contributed by atoms with van der Waals surface area (Å²) in [6, 6.07) is 12.1. The summed E-state index contributed by atoms with van der Waals surface area (Å²) in [6.45, 7) is 1.74. The van der Waals surface area contributed by atoms with E-state index in [-0.39, 0.29) is 18.0 Å². The number of nitrogens with one attached hydrogen (secondary N) is 1. The molecule has 1 aromatic heterocycles. The summed E-state index contributed by atoms with van der Waals surface area (Å²) in [5.74, 6) is 0.367. The molecule has 3 aromatic rings. The standard InChI is InChI=1S/C22H21ClFN3O2/c23-16-8-6-15(7-9-16)19-14-25-21(29-19)11-10-20(28)26-22-17(24)4-3-5-18(22)27-12-1-2-13-27/h3-9,14H,1-2,10-13H2,(H,26,28). The summed E-state index contributed by atoms with van der Waals surface area (Å²) in [5.41, 5.74) is 1.84. The lowest BCUT2D eigenvalue weighted by Gasteiger charge is -2.21. The van der Waals surface area contributed by atoms with Gasteiger partial charge >= 0.3 is 0 Å². The number of oxazole rings is 1. The lowest BCUT2D eigenvalue weighted by Crippen LogP contribution is -2.22. The Labute approximate surface area is 173 Å². The molecule has 0 saturated carbocycles. The van der Waals surface area contributed by atoms with Gasteiger partial charge in [0.25, 0.3) is 0 Å². The van der Waals surface area contributed by atoms with E-state index in [1.165, 1.54) is 6.07 Å². The van der Waals surface area contributed by atoms with Gasteiger partial charge in [0.2, 0.25) is 5.91 Å². The number of halogens is 2. The highest BCUT2D eigenvalue weighted by Crippen LogP contribution is 2.31. The third-order valence-corrected chi connectivity index (χ3v) is 5.20. The number of hydrogen-bond donors (Lipinski definition) is 1. The molecule has 0 unspecified atom stereocenters. The fourth-order valence-electron chi connectivity index (χ4n) is 3.45. The van der Waals surface area contributed by atoms with Gasteiger partial charge in [-0.1, -0.05) is 17.7 Å². The van der Waals surface area contributed by atoms with Crippen molar-refractivity contribution in [3.63, 3.8) is 0 Å². The van der Waals surface area contributed by atoms with Gasteiger partial charge in [-0.25, -0.2) is 9.37 Å². The fourth-order valence-corrected chi connectivity index (χ4v) is 3.58. The van der Waals surface area contributed by atoms with Crippen LogP contribution in [0.25, 0.3) is 11.3 Å². The molecular weight excluding hydrogens is 393 g/mol. The van der Waals surface area contributed by atoms with Crippen molar-refractivity contribution in [3.8, 4) is 11.3 Å². The van der Waals surface area contributed by atoms with Crippen LogP contribution in [-0.4, -0.2) is 24.0 Å². The average Bonchev–Trinajstić information content (AvgIpc) is 3.41. The minimum atomic E-state index is -0.427. The monoisotopic (exact) mass is 413 g/mol. The van der Waals surface area contributed by atoms with Gasteiger partial charge in [0.15, 0.2) is 11.7 Å². The number of rotatable bonds is 6. The number of amides is 1. The van der Waals surface area contributed by atoms with Crippen molar-refractivity contribution in [2.45, 2.75) is 25.7 Å². The predicted molar refractivity (Wildman–Crippen MR) is 112 cm³/mol. The fraction of sp³-hybridized carbons (Fsp3) is 0.273. The number of aromatic nitrogens is 1. The van der Waals surface area contributed by atoms with Gasteiger partial charge in [0.1, 0.15) is 11.5 Å². The summed E-state index contributed by atoms with van der Waals surface area (Å²) in [6.07, 6.45) is 4.24. The van der Waals surface area contributed by atoms with E-state index in [1.54, 1.807) is 24.4 Å². The Kier molecular flexibility index (Phi) is 5.81. The third kappa shape index (κ3) is 4.59. The molecule has 1 fully saturated rings. The van der Waals surface area contributed by atoms with Crippen molar-refractivity contribution < 1.29 is 13.6 Å². The third-order valence-electron chi connectivity index (χ3n) is 4.95. The van der Waals surface area contributed by atoms with Crippen LogP contribution in [0.1, 0.15) is 25.2 Å². The molecule has 1 aliphatic rings. The molecule has 1 N–H and O–H groups in total. The molecule has 0 atom stereocenters. The first-order valence-electron chi connectivity index (χ1n) is 9.64. The van der Waals surface area contributed by atoms with Crippen molar-refractivity contribution in [1.29, 1.82) is 0 Å². The molecule has 5 nitrogen and oxygen atoms in total. The molecule has 1 saturated heterocycles. The highest BCUT2D eigenvalue weighted by Gasteiger charge is 2.20. The summed E-state index contributed by atoms with van der Waals surface area (Å²) >= 11 is 5.90. The summed E-state index contributed by atoms with van der Waals surface area (Å²) < 4.78 is 20.1. The maximum absolute atomic E-state index is 14.4. The first kappa shape index (κ1) is 19.5. The molecular formula is C22H21ClFN3O2. The highest BCUT2D eigenvalue weighted by atomic mass is 35.5. The van der Waals surface area contributed by atoms with Gasteiger partial charge in [-0.05, 0) is 49.2 Å². The quantitative estimate of drug-likeness (QED) is 0.595. The number of carbonyl (C=O) groups is 1. The number of anilines is 2. The molecule has 0 spiro atoms. The Morgan fingerprint density at radius 1 is 1.17 bits per heavy atom. The molecule has 2 heterocycles. The molecule has 7 heteroatoms. The number of para-hydroxylation sites is 1. The van der Waals surface area contributed by atoms with Crippen LogP contribution < -0.4 is 10.2 Å². The van der Waals surface area contributed by atoms with Crippen LogP contribution in [0.4, 0.5) is 15.8 Å². The second kappa shape index (κ2) is 8.66. The van der Waals surface area contributed by atoms with E-state index in [9.17, 15) is 9.18 Å². The molecule has 2 aromatic carbocycles. The van der Waals surface area contributed by atoms with Crippen LogP contribution in [-0.2, 0) is 11.2 Å². The second-order valence-corrected chi connectivity index (χ2v) is 7.44. The maximum Gasteiger partial charge on any atom is 0.225 e. The first-order chi connectivity index (χ1) is 14.1. The highest BCUT2D eigenvalue weighted by molar-refractivity contribution is 6.30. The summed E-state index contributed by atoms with van der Waals surface area (Å²) in [7, 11) is 0. The van der Waals surface area contributed by atoms with Gasteiger partial charge in [0.05, 0.1) is 11.9 Å². The minimum absolute atomic E-state index is 0.147. The Morgan fingerprint density at radius 3 is 2.69 bits per heavy atom. The second-order valence-electron chi connectivity index (χ2n) is 7.00. The Morgan fingerprint density at radius 2 is 1.93 bits per heavy atom. The molecule has 150 valence electrons. The lowest BCUT2D eigenvalue weighted by molar-refractivity contribution is -0.116. The zero-order chi connectivity index (χ0) is 20.2. The van der Waals surface area contributed by atoms with Gasteiger partial charge in [-0.2, -0.15) is 0 Å². The van der Waals surface area contributed by atoms with Gasteiger partial charge in [-0.3, -0.25) is 4.79 Å². The predicted octanol–water partition coefficient (Wildman–Crippen LogP) is 5.31. The van der Waals surface area contributed by atoms with Crippen molar-refractivity contribution in [1.82, 2.24) is 4.98 Å². The van der Waals surface area contributed by atoms with Gasteiger partial charge in [0, 0.05) is 36.5 Å². The zero-order valence-corrected chi connectivity index (χ0v) is 16.6. The van der Waals surface area contributed by atoms with Crippen LogP contribution in [0.3, 0.4) is 0 Å². The van der Waals surface area contributed by atoms with Crippen LogP contribution in [0, 0.1) is 5.82 Å². The van der Waals surface area contributed by atoms with Gasteiger partial charge < -0.3 is 14.6 Å². The molecule has 1 aliphatic heterocycles. The Bertz CT molecular complexity index is 998. The molecule has 29 heavy (non-hydrogen) atoms.